The molecule has 1 atom stereocenters. The van der Waals surface area contributed by atoms with E-state index in [0.717, 1.165) is 22.0 Å². The maximum absolute atomic E-state index is 11.8. The number of esters is 1. The van der Waals surface area contributed by atoms with Crippen LogP contribution in [0.3, 0.4) is 0 Å². The van der Waals surface area contributed by atoms with Gasteiger partial charge in [0, 0.05) is 30.6 Å². The van der Waals surface area contributed by atoms with Crippen molar-refractivity contribution in [3.8, 4) is 0 Å². The third-order valence-electron chi connectivity index (χ3n) is 5.50. The SMILES string of the molecule is O=C(CCCOCC(O)CNc1cccc2cc3ccccc3cc12)OCc1ccccc1. The molecule has 0 aliphatic rings. The monoisotopic (exact) mass is 443 g/mol. The van der Waals surface area contributed by atoms with Crippen LogP contribution >= 0.6 is 0 Å². The molecule has 0 saturated heterocycles. The minimum Gasteiger partial charge on any atom is -0.461 e. The lowest BCUT2D eigenvalue weighted by Gasteiger charge is -2.15. The molecule has 0 aliphatic carbocycles. The van der Waals surface area contributed by atoms with E-state index in [9.17, 15) is 9.90 Å². The Kier molecular flexibility index (Phi) is 7.90. The van der Waals surface area contributed by atoms with Gasteiger partial charge in [-0.25, -0.2) is 0 Å². The lowest BCUT2D eigenvalue weighted by atomic mass is 10.0. The van der Waals surface area contributed by atoms with Gasteiger partial charge in [0.25, 0.3) is 0 Å². The first-order valence-electron chi connectivity index (χ1n) is 11.3. The molecule has 0 amide bonds. The highest BCUT2D eigenvalue weighted by Crippen LogP contribution is 2.28. The number of anilines is 1. The minimum atomic E-state index is -0.647. The molecule has 0 bridgehead atoms. The second-order valence-electron chi connectivity index (χ2n) is 8.09. The van der Waals surface area contributed by atoms with Crippen molar-refractivity contribution in [2.24, 2.45) is 0 Å². The largest absolute Gasteiger partial charge is 0.461 e. The van der Waals surface area contributed by atoms with Crippen molar-refractivity contribution < 1.29 is 19.4 Å². The maximum Gasteiger partial charge on any atom is 0.306 e. The van der Waals surface area contributed by atoms with Gasteiger partial charge in [-0.05, 0) is 46.3 Å². The van der Waals surface area contributed by atoms with E-state index in [2.05, 4.69) is 35.6 Å². The van der Waals surface area contributed by atoms with Crippen LogP contribution in [-0.4, -0.2) is 36.9 Å². The van der Waals surface area contributed by atoms with E-state index in [1.165, 1.54) is 10.8 Å². The molecule has 0 aliphatic heterocycles. The summed E-state index contributed by atoms with van der Waals surface area (Å²) in [6.07, 6.45) is 0.209. The topological polar surface area (TPSA) is 67.8 Å². The second-order valence-corrected chi connectivity index (χ2v) is 8.09. The highest BCUT2D eigenvalue weighted by Gasteiger charge is 2.08. The fourth-order valence-corrected chi connectivity index (χ4v) is 3.76. The zero-order valence-corrected chi connectivity index (χ0v) is 18.6. The molecule has 0 fully saturated rings. The van der Waals surface area contributed by atoms with Crippen molar-refractivity contribution >= 4 is 33.2 Å². The Morgan fingerprint density at radius 3 is 2.42 bits per heavy atom. The standard InChI is InChI=1S/C28H29NO4/c30-25(20-32-15-7-14-28(31)33-19-21-8-2-1-3-9-21)18-29-27-13-6-12-24-16-22-10-4-5-11-23(22)17-26(24)27/h1-6,8-13,16-17,25,29-30H,7,14-15,18-20H2. The quantitative estimate of drug-likeness (QED) is 0.187. The second kappa shape index (κ2) is 11.5. The summed E-state index contributed by atoms with van der Waals surface area (Å²) in [7, 11) is 0. The van der Waals surface area contributed by atoms with Crippen LogP contribution in [0.5, 0.6) is 0 Å². The predicted octanol–water partition coefficient (Wildman–Crippen LogP) is 5.31. The van der Waals surface area contributed by atoms with Crippen molar-refractivity contribution in [3.63, 3.8) is 0 Å². The third kappa shape index (κ3) is 6.54. The summed E-state index contributed by atoms with van der Waals surface area (Å²) in [5.41, 5.74) is 1.95. The van der Waals surface area contributed by atoms with Gasteiger partial charge in [0.2, 0.25) is 0 Å². The number of aliphatic hydroxyl groups is 1. The zero-order valence-electron chi connectivity index (χ0n) is 18.6. The van der Waals surface area contributed by atoms with E-state index in [4.69, 9.17) is 9.47 Å². The van der Waals surface area contributed by atoms with Crippen LogP contribution in [0.1, 0.15) is 18.4 Å². The number of carbonyl (C=O) groups is 1. The van der Waals surface area contributed by atoms with Gasteiger partial charge < -0.3 is 19.9 Å². The van der Waals surface area contributed by atoms with Crippen molar-refractivity contribution in [3.05, 3.63) is 90.5 Å². The Morgan fingerprint density at radius 1 is 0.879 bits per heavy atom. The van der Waals surface area contributed by atoms with Gasteiger partial charge in [-0.1, -0.05) is 66.7 Å². The highest BCUT2D eigenvalue weighted by atomic mass is 16.5. The fraction of sp³-hybridized carbons (Fsp3) is 0.250. The number of hydrogen-bond acceptors (Lipinski definition) is 5. The van der Waals surface area contributed by atoms with Gasteiger partial charge in [-0.3, -0.25) is 4.79 Å². The highest BCUT2D eigenvalue weighted by molar-refractivity contribution is 6.03. The van der Waals surface area contributed by atoms with Crippen LogP contribution in [-0.2, 0) is 20.9 Å². The van der Waals surface area contributed by atoms with Crippen molar-refractivity contribution in [1.29, 1.82) is 0 Å². The van der Waals surface area contributed by atoms with Crippen LogP contribution in [0.25, 0.3) is 21.5 Å². The summed E-state index contributed by atoms with van der Waals surface area (Å²) >= 11 is 0. The molecule has 5 heteroatoms. The van der Waals surface area contributed by atoms with E-state index in [1.807, 2.05) is 54.6 Å². The normalized spacial score (nSPS) is 12.0. The number of aliphatic hydroxyl groups excluding tert-OH is 1. The van der Waals surface area contributed by atoms with Gasteiger partial charge >= 0.3 is 5.97 Å². The average Bonchev–Trinajstić information content (AvgIpc) is 2.85. The first kappa shape index (κ1) is 22.8. The summed E-state index contributed by atoms with van der Waals surface area (Å²) < 4.78 is 10.8. The number of rotatable bonds is 11. The smallest absolute Gasteiger partial charge is 0.306 e. The number of carbonyl (C=O) groups excluding carboxylic acids is 1. The average molecular weight is 444 g/mol. The number of benzene rings is 4. The summed E-state index contributed by atoms with van der Waals surface area (Å²) in [6.45, 7) is 1.28. The Bertz CT molecular complexity index is 1190. The lowest BCUT2D eigenvalue weighted by molar-refractivity contribution is -0.145. The Morgan fingerprint density at radius 2 is 1.61 bits per heavy atom. The number of fused-ring (bicyclic) bond motifs is 2. The molecule has 1 unspecified atom stereocenters. The van der Waals surface area contributed by atoms with Gasteiger partial charge in [-0.2, -0.15) is 0 Å². The van der Waals surface area contributed by atoms with Crippen LogP contribution in [0.15, 0.2) is 84.9 Å². The molecule has 4 aromatic carbocycles. The maximum atomic E-state index is 11.8. The van der Waals surface area contributed by atoms with Crippen LogP contribution in [0.2, 0.25) is 0 Å². The summed E-state index contributed by atoms with van der Waals surface area (Å²) in [5, 5.41) is 18.3. The molecule has 33 heavy (non-hydrogen) atoms. The molecule has 0 aromatic heterocycles. The molecular formula is C28H29NO4. The Labute approximate surface area is 194 Å². The molecule has 170 valence electrons. The van der Waals surface area contributed by atoms with Gasteiger partial charge in [0.05, 0.1) is 12.7 Å². The van der Waals surface area contributed by atoms with Crippen molar-refractivity contribution in [2.45, 2.75) is 25.6 Å². The Balaban J connectivity index is 1.17. The van der Waals surface area contributed by atoms with Gasteiger partial charge in [-0.15, -0.1) is 0 Å². The molecule has 0 heterocycles. The molecular weight excluding hydrogens is 414 g/mol. The minimum absolute atomic E-state index is 0.208. The summed E-state index contributed by atoms with van der Waals surface area (Å²) in [5.74, 6) is -0.242. The van der Waals surface area contributed by atoms with Crippen molar-refractivity contribution in [1.82, 2.24) is 0 Å². The molecule has 4 aromatic rings. The Hall–Kier alpha value is -3.41. The van der Waals surface area contributed by atoms with E-state index < -0.39 is 6.10 Å². The van der Waals surface area contributed by atoms with E-state index in [0.29, 0.717) is 26.0 Å². The van der Waals surface area contributed by atoms with E-state index in [1.54, 1.807) is 0 Å². The number of ether oxygens (including phenoxy) is 2. The summed E-state index contributed by atoms with van der Waals surface area (Å²) in [4.78, 5) is 11.8. The fourth-order valence-electron chi connectivity index (χ4n) is 3.76. The van der Waals surface area contributed by atoms with E-state index in [-0.39, 0.29) is 19.2 Å². The van der Waals surface area contributed by atoms with Gasteiger partial charge in [0.1, 0.15) is 6.61 Å². The summed E-state index contributed by atoms with van der Waals surface area (Å²) in [6, 6.07) is 28.4. The molecule has 2 N–H and O–H groups in total. The number of hydrogen-bond donors (Lipinski definition) is 2. The van der Waals surface area contributed by atoms with Crippen LogP contribution in [0, 0.1) is 0 Å². The van der Waals surface area contributed by atoms with Crippen molar-refractivity contribution in [2.75, 3.05) is 25.1 Å². The van der Waals surface area contributed by atoms with E-state index >= 15 is 0 Å². The third-order valence-corrected chi connectivity index (χ3v) is 5.50. The first-order chi connectivity index (χ1) is 16.2. The molecule has 0 saturated carbocycles. The predicted molar refractivity (Wildman–Crippen MR) is 132 cm³/mol. The lowest BCUT2D eigenvalue weighted by Crippen LogP contribution is -2.25. The molecule has 4 rings (SSSR count). The van der Waals surface area contributed by atoms with Crippen LogP contribution in [0.4, 0.5) is 5.69 Å². The number of nitrogens with one attached hydrogen (secondary N) is 1. The zero-order chi connectivity index (χ0) is 22.9. The first-order valence-corrected chi connectivity index (χ1v) is 11.3. The van der Waals surface area contributed by atoms with Crippen LogP contribution < -0.4 is 5.32 Å². The molecule has 0 spiro atoms. The molecule has 0 radical (unpaired) electrons. The van der Waals surface area contributed by atoms with Gasteiger partial charge in [0.15, 0.2) is 0 Å². The molecule has 5 nitrogen and oxygen atoms in total.